The topological polar surface area (TPSA) is 49.3 Å². The van der Waals surface area contributed by atoms with Crippen molar-refractivity contribution in [1.82, 2.24) is 5.32 Å². The van der Waals surface area contributed by atoms with Crippen LogP contribution in [0.3, 0.4) is 0 Å². The molecule has 1 atom stereocenters. The van der Waals surface area contributed by atoms with Gasteiger partial charge in [-0.2, -0.15) is 0 Å². The number of carbonyl (C=O) groups is 1. The van der Waals surface area contributed by atoms with E-state index in [0.29, 0.717) is 18.9 Å². The van der Waals surface area contributed by atoms with Crippen LogP contribution in [0.1, 0.15) is 61.3 Å². The third-order valence-electron chi connectivity index (χ3n) is 4.34. The van der Waals surface area contributed by atoms with E-state index in [2.05, 4.69) is 17.4 Å². The van der Waals surface area contributed by atoms with Crippen LogP contribution >= 0.6 is 0 Å². The van der Waals surface area contributed by atoms with Crippen LogP contribution in [0.5, 0.6) is 0 Å². The molecule has 0 spiro atoms. The van der Waals surface area contributed by atoms with Gasteiger partial charge in [-0.25, -0.2) is 0 Å². The van der Waals surface area contributed by atoms with E-state index in [9.17, 15) is 9.90 Å². The summed E-state index contributed by atoms with van der Waals surface area (Å²) in [5.41, 5.74) is 3.78. The van der Waals surface area contributed by atoms with Crippen molar-refractivity contribution in [1.29, 1.82) is 0 Å². The quantitative estimate of drug-likeness (QED) is 0.866. The molecule has 2 aliphatic carbocycles. The van der Waals surface area contributed by atoms with Gasteiger partial charge in [-0.05, 0) is 61.6 Å². The average molecular weight is 273 g/mol. The third kappa shape index (κ3) is 3.40. The summed E-state index contributed by atoms with van der Waals surface area (Å²) in [6.45, 7) is 0. The summed E-state index contributed by atoms with van der Waals surface area (Å²) in [6.07, 6.45) is 7.43. The normalized spacial score (nSPS) is 19.2. The summed E-state index contributed by atoms with van der Waals surface area (Å²) >= 11 is 0. The zero-order valence-electron chi connectivity index (χ0n) is 11.9. The molecule has 0 bridgehead atoms. The Kier molecular flexibility index (Phi) is 4.06. The number of hydrogen-bond acceptors (Lipinski definition) is 2. The van der Waals surface area contributed by atoms with Crippen molar-refractivity contribution >= 4 is 5.91 Å². The average Bonchev–Trinajstić information content (AvgIpc) is 3.28. The Bertz CT molecular complexity index is 494. The highest BCUT2D eigenvalue weighted by Gasteiger charge is 2.23. The predicted octanol–water partition coefficient (Wildman–Crippen LogP) is 2.66. The van der Waals surface area contributed by atoms with Crippen LogP contribution < -0.4 is 5.32 Å². The molecule has 0 aliphatic heterocycles. The molecule has 1 aromatic carbocycles. The third-order valence-corrected chi connectivity index (χ3v) is 4.34. The summed E-state index contributed by atoms with van der Waals surface area (Å²) in [5.74, 6) is 0.0736. The molecule has 3 nitrogen and oxygen atoms in total. The van der Waals surface area contributed by atoms with E-state index in [4.69, 9.17) is 0 Å². The molecule has 3 heteroatoms. The van der Waals surface area contributed by atoms with Gasteiger partial charge in [0.1, 0.15) is 0 Å². The maximum Gasteiger partial charge on any atom is 0.220 e. The number of carbonyl (C=O) groups excluding carboxylic acids is 1. The van der Waals surface area contributed by atoms with Crippen LogP contribution in [0.15, 0.2) is 18.2 Å². The van der Waals surface area contributed by atoms with Gasteiger partial charge < -0.3 is 10.4 Å². The first-order valence-electron chi connectivity index (χ1n) is 7.81. The molecule has 1 amide bonds. The highest BCUT2D eigenvalue weighted by Crippen LogP contribution is 2.26. The molecule has 1 fully saturated rings. The van der Waals surface area contributed by atoms with Crippen LogP contribution in [0.2, 0.25) is 0 Å². The summed E-state index contributed by atoms with van der Waals surface area (Å²) in [7, 11) is 0. The van der Waals surface area contributed by atoms with Gasteiger partial charge in [0.2, 0.25) is 5.91 Å². The molecule has 2 N–H and O–H groups in total. The maximum absolute atomic E-state index is 11.6. The van der Waals surface area contributed by atoms with Crippen LogP contribution in [0.4, 0.5) is 0 Å². The molecule has 0 aromatic heterocycles. The lowest BCUT2D eigenvalue weighted by Crippen LogP contribution is -2.25. The molecule has 20 heavy (non-hydrogen) atoms. The first-order valence-corrected chi connectivity index (χ1v) is 7.81. The van der Waals surface area contributed by atoms with Crippen molar-refractivity contribution in [3.8, 4) is 0 Å². The second kappa shape index (κ2) is 5.96. The second-order valence-electron chi connectivity index (χ2n) is 6.13. The van der Waals surface area contributed by atoms with E-state index < -0.39 is 6.10 Å². The van der Waals surface area contributed by atoms with Gasteiger partial charge in [-0.15, -0.1) is 0 Å². The fourth-order valence-electron chi connectivity index (χ4n) is 2.92. The summed E-state index contributed by atoms with van der Waals surface area (Å²) < 4.78 is 0. The van der Waals surface area contributed by atoms with E-state index in [1.807, 2.05) is 6.07 Å². The lowest BCUT2D eigenvalue weighted by atomic mass is 9.89. The number of amides is 1. The molecular weight excluding hydrogens is 250 g/mol. The predicted molar refractivity (Wildman–Crippen MR) is 78.4 cm³/mol. The number of rotatable bonds is 5. The second-order valence-corrected chi connectivity index (χ2v) is 6.13. The van der Waals surface area contributed by atoms with Crippen molar-refractivity contribution < 1.29 is 9.90 Å². The lowest BCUT2D eigenvalue weighted by molar-refractivity contribution is -0.121. The van der Waals surface area contributed by atoms with E-state index >= 15 is 0 Å². The Morgan fingerprint density at radius 3 is 2.75 bits per heavy atom. The number of aliphatic hydroxyl groups is 1. The zero-order chi connectivity index (χ0) is 13.9. The monoisotopic (exact) mass is 273 g/mol. The highest BCUT2D eigenvalue weighted by atomic mass is 16.3. The fourth-order valence-corrected chi connectivity index (χ4v) is 2.92. The Labute approximate surface area is 120 Å². The van der Waals surface area contributed by atoms with E-state index in [0.717, 1.165) is 31.2 Å². The van der Waals surface area contributed by atoms with E-state index in [-0.39, 0.29) is 5.91 Å². The van der Waals surface area contributed by atoms with E-state index in [1.165, 1.54) is 24.0 Å². The summed E-state index contributed by atoms with van der Waals surface area (Å²) in [6, 6.07) is 6.71. The zero-order valence-corrected chi connectivity index (χ0v) is 11.9. The van der Waals surface area contributed by atoms with Crippen LogP contribution in [0.25, 0.3) is 0 Å². The maximum atomic E-state index is 11.6. The summed E-state index contributed by atoms with van der Waals surface area (Å²) in [4.78, 5) is 11.6. The summed E-state index contributed by atoms with van der Waals surface area (Å²) in [5, 5.41) is 13.2. The van der Waals surface area contributed by atoms with Crippen molar-refractivity contribution in [3.05, 3.63) is 34.9 Å². The largest absolute Gasteiger partial charge is 0.388 e. The Hall–Kier alpha value is -1.35. The Morgan fingerprint density at radius 1 is 1.25 bits per heavy atom. The first-order chi connectivity index (χ1) is 9.72. The van der Waals surface area contributed by atoms with Gasteiger partial charge in [-0.1, -0.05) is 18.2 Å². The molecule has 0 heterocycles. The molecule has 1 saturated carbocycles. The van der Waals surface area contributed by atoms with E-state index in [1.54, 1.807) is 0 Å². The number of benzene rings is 1. The number of fused-ring (bicyclic) bond motifs is 1. The Balaban J connectivity index is 1.55. The SMILES string of the molecule is O=C(CCC(O)c1ccc2c(c1)CCCC2)NC1CC1. The van der Waals surface area contributed by atoms with Crippen molar-refractivity contribution in [2.75, 3.05) is 0 Å². The molecule has 1 unspecified atom stereocenters. The number of aryl methyl sites for hydroxylation is 2. The van der Waals surface area contributed by atoms with Gasteiger partial charge in [0.25, 0.3) is 0 Å². The highest BCUT2D eigenvalue weighted by molar-refractivity contribution is 5.76. The molecule has 1 aromatic rings. The molecule has 108 valence electrons. The molecule has 0 radical (unpaired) electrons. The van der Waals surface area contributed by atoms with Crippen LogP contribution in [0, 0.1) is 0 Å². The van der Waals surface area contributed by atoms with Crippen molar-refractivity contribution in [2.24, 2.45) is 0 Å². The van der Waals surface area contributed by atoms with Crippen LogP contribution in [-0.4, -0.2) is 17.1 Å². The number of nitrogens with one attached hydrogen (secondary N) is 1. The van der Waals surface area contributed by atoms with Gasteiger partial charge in [0.15, 0.2) is 0 Å². The number of aliphatic hydroxyl groups excluding tert-OH is 1. The number of hydrogen-bond donors (Lipinski definition) is 2. The first kappa shape index (κ1) is 13.6. The minimum absolute atomic E-state index is 0.0736. The Morgan fingerprint density at radius 2 is 2.00 bits per heavy atom. The van der Waals surface area contributed by atoms with Gasteiger partial charge in [0, 0.05) is 12.5 Å². The smallest absolute Gasteiger partial charge is 0.220 e. The fraction of sp³-hybridized carbons (Fsp3) is 0.588. The standard InChI is InChI=1S/C17H23NO2/c19-16(9-10-17(20)18-15-7-8-15)14-6-5-12-3-1-2-4-13(12)11-14/h5-6,11,15-16,19H,1-4,7-10H2,(H,18,20). The molecule has 2 aliphatic rings. The molecule has 3 rings (SSSR count). The van der Waals surface area contributed by atoms with Crippen LogP contribution in [-0.2, 0) is 17.6 Å². The van der Waals surface area contributed by atoms with Gasteiger partial charge >= 0.3 is 0 Å². The minimum Gasteiger partial charge on any atom is -0.388 e. The van der Waals surface area contributed by atoms with Gasteiger partial charge in [0.05, 0.1) is 6.10 Å². The van der Waals surface area contributed by atoms with Gasteiger partial charge in [-0.3, -0.25) is 4.79 Å². The van der Waals surface area contributed by atoms with Crippen molar-refractivity contribution in [3.63, 3.8) is 0 Å². The molecule has 0 saturated heterocycles. The molecular formula is C17H23NO2. The lowest BCUT2D eigenvalue weighted by Gasteiger charge is -2.18. The minimum atomic E-state index is -0.521. The van der Waals surface area contributed by atoms with Crippen molar-refractivity contribution in [2.45, 2.75) is 63.5 Å².